The maximum atomic E-state index is 2.72. The van der Waals surface area contributed by atoms with Gasteiger partial charge < -0.3 is 14.4 Å². The summed E-state index contributed by atoms with van der Waals surface area (Å²) >= 11 is 0. The van der Waals surface area contributed by atoms with E-state index in [9.17, 15) is 0 Å². The molecule has 0 radical (unpaired) electrons. The summed E-state index contributed by atoms with van der Waals surface area (Å²) in [5.74, 6) is 0. The van der Waals surface area contributed by atoms with Gasteiger partial charge in [-0.05, 0) is 176 Å². The molecule has 98 heavy (non-hydrogen) atoms. The van der Waals surface area contributed by atoms with E-state index >= 15 is 0 Å². The summed E-state index contributed by atoms with van der Waals surface area (Å²) < 4.78 is 2.63. The summed E-state index contributed by atoms with van der Waals surface area (Å²) in [7, 11) is 0. The van der Waals surface area contributed by atoms with Crippen molar-refractivity contribution in [3.05, 3.63) is 327 Å². The van der Waals surface area contributed by atoms with Gasteiger partial charge in [0, 0.05) is 55.8 Å². The van der Waals surface area contributed by atoms with E-state index in [1.54, 1.807) is 0 Å². The van der Waals surface area contributed by atoms with Crippen LogP contribution in [0.1, 0.15) is 52.7 Å². The van der Waals surface area contributed by atoms with E-state index < -0.39 is 0 Å². The van der Waals surface area contributed by atoms with Crippen LogP contribution in [-0.2, 0) is 10.8 Å². The standard InChI is InChI=1S/C94H70BN3/c1-93(2,3)69-53-74(61-31-17-9-18-32-61)91(75(54-69)62-33-19-10-20-34-62)97-80-47-45-67(59-27-13-7-14-28-59)51-78(80)95-79-52-68(60-29-15-8-16-30-60)46-48-81(79)98(92-76(63-35-21-11-22-36-63)55-70(94(4,5)6)56-77(92)64-37-23-12-24-38-64)85-58-71(57-84(97)90(85)95)96-82-49-43-65-39-25-41-72-73-42-26-40-66-44-50-83(96)89(87(66)73)88(82)86(65)72/h7-58H,1-6H3. The zero-order valence-corrected chi connectivity index (χ0v) is 55.9. The molecule has 2 aliphatic rings. The van der Waals surface area contributed by atoms with Gasteiger partial charge in [0.05, 0.1) is 28.1 Å². The van der Waals surface area contributed by atoms with Crippen molar-refractivity contribution in [3.63, 3.8) is 0 Å². The molecule has 17 aromatic rings. The van der Waals surface area contributed by atoms with Crippen molar-refractivity contribution in [2.45, 2.75) is 52.4 Å². The molecular weight excluding hydrogens is 1180 g/mol. The summed E-state index contributed by atoms with van der Waals surface area (Å²) in [6.07, 6.45) is 0. The first-order valence-electron chi connectivity index (χ1n) is 34.6. The number of hydrogen-bond donors (Lipinski definition) is 0. The molecule has 3 nitrogen and oxygen atoms in total. The molecule has 0 spiro atoms. The Morgan fingerprint density at radius 3 is 0.939 bits per heavy atom. The Morgan fingerprint density at radius 1 is 0.265 bits per heavy atom. The van der Waals surface area contributed by atoms with E-state index in [2.05, 4.69) is 371 Å². The van der Waals surface area contributed by atoms with Crippen LogP contribution in [0.25, 0.3) is 127 Å². The zero-order chi connectivity index (χ0) is 65.7. The fourth-order valence-electron chi connectivity index (χ4n) is 16.7. The lowest BCUT2D eigenvalue weighted by molar-refractivity contribution is 0.590. The van der Waals surface area contributed by atoms with Gasteiger partial charge in [-0.15, -0.1) is 0 Å². The lowest BCUT2D eigenvalue weighted by atomic mass is 9.33. The first-order valence-corrected chi connectivity index (χ1v) is 34.6. The molecule has 0 unspecified atom stereocenters. The Balaban J connectivity index is 1.04. The largest absolute Gasteiger partial charge is 0.310 e. The minimum atomic E-state index is -0.250. The third-order valence-corrected chi connectivity index (χ3v) is 21.3. The second-order valence-corrected chi connectivity index (χ2v) is 29.1. The van der Waals surface area contributed by atoms with Crippen LogP contribution in [0.5, 0.6) is 0 Å². The number of nitrogens with zero attached hydrogens (tertiary/aromatic N) is 3. The third kappa shape index (κ3) is 8.90. The lowest BCUT2D eigenvalue weighted by Gasteiger charge is -2.46. The van der Waals surface area contributed by atoms with Crippen LogP contribution in [-0.4, -0.2) is 11.3 Å². The molecule has 0 N–H and O–H groups in total. The highest BCUT2D eigenvalue weighted by Crippen LogP contribution is 2.56. The minimum Gasteiger partial charge on any atom is -0.310 e. The average Bonchev–Trinajstić information content (AvgIpc) is 1.50. The Morgan fingerprint density at radius 2 is 0.602 bits per heavy atom. The van der Waals surface area contributed by atoms with Crippen molar-refractivity contribution < 1.29 is 0 Å². The number of fused-ring (bicyclic) bond motifs is 5. The molecule has 0 atom stereocenters. The minimum absolute atomic E-state index is 0.190. The molecule has 0 saturated heterocycles. The summed E-state index contributed by atoms with van der Waals surface area (Å²) in [4.78, 5) is 5.44. The van der Waals surface area contributed by atoms with Crippen LogP contribution in [0.15, 0.2) is 315 Å². The second-order valence-electron chi connectivity index (χ2n) is 29.1. The van der Waals surface area contributed by atoms with Crippen molar-refractivity contribution in [2.75, 3.05) is 9.80 Å². The van der Waals surface area contributed by atoms with Crippen molar-refractivity contribution in [3.8, 4) is 72.4 Å². The predicted octanol–water partition coefficient (Wildman–Crippen LogP) is 23.8. The van der Waals surface area contributed by atoms with E-state index in [1.165, 1.54) is 126 Å². The fourth-order valence-corrected chi connectivity index (χ4v) is 16.7. The zero-order valence-electron chi connectivity index (χ0n) is 55.9. The van der Waals surface area contributed by atoms with Gasteiger partial charge in [-0.2, -0.15) is 0 Å². The van der Waals surface area contributed by atoms with E-state index in [4.69, 9.17) is 0 Å². The highest BCUT2D eigenvalue weighted by Gasteiger charge is 2.46. The summed E-state index contributed by atoms with van der Waals surface area (Å²) in [6, 6.07) is 120. The van der Waals surface area contributed by atoms with Crippen LogP contribution in [0.3, 0.4) is 0 Å². The summed E-state index contributed by atoms with van der Waals surface area (Å²) in [5, 5.41) is 10.3. The van der Waals surface area contributed by atoms with Gasteiger partial charge in [-0.3, -0.25) is 0 Å². The van der Waals surface area contributed by atoms with Gasteiger partial charge in [-0.1, -0.05) is 296 Å². The summed E-state index contributed by atoms with van der Waals surface area (Å²) in [5.41, 5.74) is 30.2. The van der Waals surface area contributed by atoms with Crippen LogP contribution in [0, 0.1) is 0 Å². The van der Waals surface area contributed by atoms with Gasteiger partial charge in [0.1, 0.15) is 0 Å². The van der Waals surface area contributed by atoms with E-state index in [0.717, 1.165) is 62.1 Å². The van der Waals surface area contributed by atoms with Crippen molar-refractivity contribution in [1.82, 2.24) is 4.57 Å². The molecule has 2 aliphatic heterocycles. The Kier molecular flexibility index (Phi) is 12.9. The number of anilines is 6. The van der Waals surface area contributed by atoms with E-state index in [-0.39, 0.29) is 17.5 Å². The second kappa shape index (κ2) is 21.9. The highest BCUT2D eigenvalue weighted by molar-refractivity contribution is 7.00. The first kappa shape index (κ1) is 57.7. The quantitative estimate of drug-likeness (QED) is 0.0811. The number of rotatable bonds is 9. The average molecular weight is 1250 g/mol. The lowest BCUT2D eigenvalue weighted by Crippen LogP contribution is -2.61. The topological polar surface area (TPSA) is 11.4 Å². The monoisotopic (exact) mass is 1250 g/mol. The molecule has 4 heteroatoms. The molecule has 1 aromatic heterocycles. The molecule has 0 fully saturated rings. The number of hydrogen-bond acceptors (Lipinski definition) is 2. The molecule has 16 aromatic carbocycles. The fraction of sp³-hybridized carbons (Fsp3) is 0.0851. The molecule has 464 valence electrons. The normalized spacial score (nSPS) is 12.9. The molecule has 0 aliphatic carbocycles. The van der Waals surface area contributed by atoms with Crippen molar-refractivity contribution in [1.29, 1.82) is 0 Å². The van der Waals surface area contributed by atoms with Crippen LogP contribution in [0.2, 0.25) is 0 Å². The molecule has 0 amide bonds. The Hall–Kier alpha value is -11.7. The van der Waals surface area contributed by atoms with Crippen LogP contribution >= 0.6 is 0 Å². The molecule has 0 bridgehead atoms. The van der Waals surface area contributed by atoms with Crippen LogP contribution < -0.4 is 26.2 Å². The molecular formula is C94H70BN3. The maximum Gasteiger partial charge on any atom is 0.252 e. The van der Waals surface area contributed by atoms with Gasteiger partial charge in [0.2, 0.25) is 0 Å². The van der Waals surface area contributed by atoms with Gasteiger partial charge in [0.25, 0.3) is 6.71 Å². The van der Waals surface area contributed by atoms with Crippen molar-refractivity contribution >= 4 is 111 Å². The smallest absolute Gasteiger partial charge is 0.252 e. The highest BCUT2D eigenvalue weighted by atomic mass is 15.2. The predicted molar refractivity (Wildman–Crippen MR) is 420 cm³/mol. The summed E-state index contributed by atoms with van der Waals surface area (Å²) in [6.45, 7) is 13.9. The number of aromatic nitrogens is 1. The van der Waals surface area contributed by atoms with E-state index in [1.807, 2.05) is 0 Å². The maximum absolute atomic E-state index is 2.72. The number of benzene rings is 16. The first-order chi connectivity index (χ1) is 47.9. The van der Waals surface area contributed by atoms with Crippen LogP contribution in [0.4, 0.5) is 34.1 Å². The van der Waals surface area contributed by atoms with E-state index in [0.29, 0.717) is 0 Å². The Labute approximate surface area is 573 Å². The molecule has 3 heterocycles. The third-order valence-electron chi connectivity index (χ3n) is 21.3. The van der Waals surface area contributed by atoms with Gasteiger partial charge >= 0.3 is 0 Å². The van der Waals surface area contributed by atoms with Crippen molar-refractivity contribution in [2.24, 2.45) is 0 Å². The Bertz CT molecular complexity index is 5500. The SMILES string of the molecule is CC(C)(C)c1cc(-c2ccccc2)c(N2c3ccc(-c4ccccc4)cc3B3c4cc(-c5ccccc5)ccc4N(c4c(-c5ccccc5)cc(C(C)(C)C)cc4-c4ccccc4)c4cc(-n5c6ccc7cccc8c9cccc%10ccc5c(c%109)c6c78)cc2c43)c(-c2ccccc2)c1. The molecule has 0 saturated carbocycles. The van der Waals surface area contributed by atoms with Gasteiger partial charge in [0.15, 0.2) is 0 Å². The molecule has 19 rings (SSSR count). The van der Waals surface area contributed by atoms with Gasteiger partial charge in [-0.25, -0.2) is 0 Å².